The van der Waals surface area contributed by atoms with Gasteiger partial charge in [0.2, 0.25) is 16.9 Å². The van der Waals surface area contributed by atoms with Gasteiger partial charge in [-0.2, -0.15) is 0 Å². The van der Waals surface area contributed by atoms with Crippen molar-refractivity contribution in [2.24, 2.45) is 0 Å². The molecule has 0 bridgehead atoms. The molecule has 102 valence electrons. The van der Waals surface area contributed by atoms with Crippen LogP contribution in [0.3, 0.4) is 0 Å². The Kier molecular flexibility index (Phi) is 4.44. The zero-order valence-electron chi connectivity index (χ0n) is 10.4. The molecule has 0 atom stereocenters. The Bertz CT molecular complexity index is 554. The fraction of sp³-hybridized carbons (Fsp3) is 0.556. The first-order valence-electron chi connectivity index (χ1n) is 5.50. The Balaban J connectivity index is 1.96. The van der Waals surface area contributed by atoms with E-state index in [0.717, 1.165) is 0 Å². The van der Waals surface area contributed by atoms with Gasteiger partial charge in [-0.3, -0.25) is 4.79 Å². The maximum Gasteiger partial charge on any atom is 0.327 e. The average Bonchev–Trinajstić information content (AvgIpc) is 3.05. The van der Waals surface area contributed by atoms with E-state index >= 15 is 0 Å². The lowest BCUT2D eigenvalue weighted by atomic mass is 10.5. The van der Waals surface area contributed by atoms with Gasteiger partial charge in [-0.25, -0.2) is 4.68 Å². The van der Waals surface area contributed by atoms with Crippen molar-refractivity contribution in [3.8, 4) is 0 Å². The van der Waals surface area contributed by atoms with Crippen LogP contribution < -0.4 is 0 Å². The number of methoxy groups -OCH3 is 1. The standard InChI is InChI=1S/C9H12N6O3S/c1-3-6-10-11-7(18-6)5-19-9-12-13-14-15(9)4-8(16)17-2/h3-5H2,1-2H3. The number of hydrogen-bond acceptors (Lipinski definition) is 9. The van der Waals surface area contributed by atoms with Gasteiger partial charge in [-0.15, -0.1) is 15.3 Å². The molecule has 0 saturated carbocycles. The monoisotopic (exact) mass is 284 g/mol. The average molecular weight is 284 g/mol. The molecular formula is C9H12N6O3S. The van der Waals surface area contributed by atoms with Crippen LogP contribution in [0.5, 0.6) is 0 Å². The molecule has 2 aromatic rings. The smallest absolute Gasteiger partial charge is 0.327 e. The zero-order chi connectivity index (χ0) is 13.7. The predicted octanol–water partition coefficient (Wildman–Crippen LogP) is 0.0838. The fourth-order valence-electron chi connectivity index (χ4n) is 1.20. The number of carbonyl (C=O) groups is 1. The number of rotatable bonds is 6. The molecule has 19 heavy (non-hydrogen) atoms. The number of nitrogens with zero attached hydrogens (tertiary/aromatic N) is 6. The Labute approximate surface area is 112 Å². The van der Waals surface area contributed by atoms with E-state index in [-0.39, 0.29) is 6.54 Å². The van der Waals surface area contributed by atoms with Crippen molar-refractivity contribution in [3.63, 3.8) is 0 Å². The van der Waals surface area contributed by atoms with Gasteiger partial charge in [0.15, 0.2) is 0 Å². The normalized spacial score (nSPS) is 10.6. The fourth-order valence-corrected chi connectivity index (χ4v) is 1.92. The maximum absolute atomic E-state index is 11.2. The number of carbonyl (C=O) groups excluding carboxylic acids is 1. The molecular weight excluding hydrogens is 272 g/mol. The molecule has 0 fully saturated rings. The SMILES string of the molecule is CCc1nnc(CSc2nnnn2CC(=O)OC)o1. The Morgan fingerprint density at radius 3 is 2.84 bits per heavy atom. The van der Waals surface area contributed by atoms with Crippen LogP contribution >= 0.6 is 11.8 Å². The van der Waals surface area contributed by atoms with Crippen molar-refractivity contribution in [1.29, 1.82) is 0 Å². The second-order valence-corrected chi connectivity index (χ2v) is 4.37. The van der Waals surface area contributed by atoms with Crippen LogP contribution in [-0.4, -0.2) is 43.5 Å². The highest BCUT2D eigenvalue weighted by Crippen LogP contribution is 2.19. The van der Waals surface area contributed by atoms with Gasteiger partial charge in [0.25, 0.3) is 0 Å². The summed E-state index contributed by atoms with van der Waals surface area (Å²) in [6, 6.07) is 0. The number of aryl methyl sites for hydroxylation is 1. The summed E-state index contributed by atoms with van der Waals surface area (Å²) in [5.41, 5.74) is 0. The molecule has 10 heteroatoms. The van der Waals surface area contributed by atoms with Gasteiger partial charge in [-0.05, 0) is 10.4 Å². The van der Waals surface area contributed by atoms with Crippen LogP contribution in [-0.2, 0) is 28.2 Å². The van der Waals surface area contributed by atoms with Gasteiger partial charge < -0.3 is 9.15 Å². The van der Waals surface area contributed by atoms with Crippen LogP contribution in [0.15, 0.2) is 9.57 Å². The number of aromatic nitrogens is 6. The van der Waals surface area contributed by atoms with Crippen molar-refractivity contribution >= 4 is 17.7 Å². The van der Waals surface area contributed by atoms with Gasteiger partial charge >= 0.3 is 5.97 Å². The van der Waals surface area contributed by atoms with E-state index in [4.69, 9.17) is 4.42 Å². The highest BCUT2D eigenvalue weighted by Gasteiger charge is 2.13. The topological polar surface area (TPSA) is 109 Å². The van der Waals surface area contributed by atoms with E-state index in [1.165, 1.54) is 23.6 Å². The lowest BCUT2D eigenvalue weighted by Gasteiger charge is -2.01. The van der Waals surface area contributed by atoms with Gasteiger partial charge in [0.05, 0.1) is 12.9 Å². The molecule has 0 N–H and O–H groups in total. The summed E-state index contributed by atoms with van der Waals surface area (Å²) in [6.07, 6.45) is 0.692. The van der Waals surface area contributed by atoms with Crippen molar-refractivity contribution in [1.82, 2.24) is 30.4 Å². The Morgan fingerprint density at radius 1 is 1.37 bits per heavy atom. The molecule has 0 aliphatic carbocycles. The lowest BCUT2D eigenvalue weighted by Crippen LogP contribution is -2.13. The van der Waals surface area contributed by atoms with Crippen LogP contribution in [0, 0.1) is 0 Å². The number of hydrogen-bond donors (Lipinski definition) is 0. The maximum atomic E-state index is 11.2. The van der Waals surface area contributed by atoms with Crippen LogP contribution in [0.25, 0.3) is 0 Å². The molecule has 0 spiro atoms. The zero-order valence-corrected chi connectivity index (χ0v) is 11.3. The summed E-state index contributed by atoms with van der Waals surface area (Å²) in [6.45, 7) is 1.90. The van der Waals surface area contributed by atoms with Crippen LogP contribution in [0.2, 0.25) is 0 Å². The summed E-state index contributed by atoms with van der Waals surface area (Å²) in [5, 5.41) is 19.3. The first-order valence-corrected chi connectivity index (χ1v) is 6.48. The van der Waals surface area contributed by atoms with Crippen molar-refractivity contribution in [2.45, 2.75) is 30.8 Å². The minimum atomic E-state index is -0.416. The number of ether oxygens (including phenoxy) is 1. The van der Waals surface area contributed by atoms with E-state index in [1.807, 2.05) is 6.92 Å². The van der Waals surface area contributed by atoms with E-state index in [9.17, 15) is 4.79 Å². The highest BCUT2D eigenvalue weighted by atomic mass is 32.2. The minimum Gasteiger partial charge on any atom is -0.468 e. The second kappa shape index (κ2) is 6.27. The second-order valence-electron chi connectivity index (χ2n) is 3.43. The first-order chi connectivity index (χ1) is 9.22. The summed E-state index contributed by atoms with van der Waals surface area (Å²) in [4.78, 5) is 11.2. The molecule has 9 nitrogen and oxygen atoms in total. The Hall–Kier alpha value is -1.97. The van der Waals surface area contributed by atoms with Crippen LogP contribution in [0.1, 0.15) is 18.7 Å². The third kappa shape index (κ3) is 3.50. The Morgan fingerprint density at radius 2 is 2.16 bits per heavy atom. The molecule has 2 heterocycles. The van der Waals surface area contributed by atoms with Crippen molar-refractivity contribution in [2.75, 3.05) is 7.11 Å². The van der Waals surface area contributed by atoms with E-state index in [2.05, 4.69) is 30.5 Å². The molecule has 0 radical (unpaired) electrons. The minimum absolute atomic E-state index is 0.0319. The number of tetrazole rings is 1. The van der Waals surface area contributed by atoms with Crippen molar-refractivity contribution < 1.29 is 13.9 Å². The molecule has 0 aliphatic heterocycles. The van der Waals surface area contributed by atoms with E-state index < -0.39 is 5.97 Å². The number of esters is 1. The molecule has 0 saturated heterocycles. The molecule has 2 rings (SSSR count). The predicted molar refractivity (Wildman–Crippen MR) is 63.1 cm³/mol. The third-order valence-corrected chi connectivity index (χ3v) is 3.08. The van der Waals surface area contributed by atoms with Crippen molar-refractivity contribution in [3.05, 3.63) is 11.8 Å². The summed E-state index contributed by atoms with van der Waals surface area (Å²) in [7, 11) is 1.31. The molecule has 2 aromatic heterocycles. The molecule has 0 aromatic carbocycles. The highest BCUT2D eigenvalue weighted by molar-refractivity contribution is 7.98. The molecule has 0 amide bonds. The molecule has 0 aliphatic rings. The largest absolute Gasteiger partial charge is 0.468 e. The van der Waals surface area contributed by atoms with Gasteiger partial charge in [0.1, 0.15) is 6.54 Å². The van der Waals surface area contributed by atoms with Crippen LogP contribution in [0.4, 0.5) is 0 Å². The van der Waals surface area contributed by atoms with E-state index in [1.54, 1.807) is 0 Å². The van der Waals surface area contributed by atoms with E-state index in [0.29, 0.717) is 29.1 Å². The lowest BCUT2D eigenvalue weighted by molar-refractivity contribution is -0.141. The first kappa shape index (κ1) is 13.5. The van der Waals surface area contributed by atoms with Gasteiger partial charge in [-0.1, -0.05) is 18.7 Å². The summed E-state index contributed by atoms with van der Waals surface area (Å²) in [5.74, 6) is 1.11. The summed E-state index contributed by atoms with van der Waals surface area (Å²) < 4.78 is 11.3. The number of thioether (sulfide) groups is 1. The molecule has 0 unspecified atom stereocenters. The summed E-state index contributed by atoms with van der Waals surface area (Å²) >= 11 is 1.31. The van der Waals surface area contributed by atoms with Gasteiger partial charge in [0, 0.05) is 6.42 Å². The quantitative estimate of drug-likeness (QED) is 0.538. The third-order valence-electron chi connectivity index (χ3n) is 2.14.